The number of furan rings is 1. The molecule has 0 amide bonds. The number of ether oxygens (including phenoxy) is 1. The smallest absolute Gasteiger partial charge is 0.433 e. The van der Waals surface area contributed by atoms with E-state index in [4.69, 9.17) is 4.42 Å². The van der Waals surface area contributed by atoms with E-state index in [1.54, 1.807) is 6.07 Å². The molecule has 0 aromatic carbocycles. The summed E-state index contributed by atoms with van der Waals surface area (Å²) in [6.45, 7) is 0.845. The Kier molecular flexibility index (Phi) is 5.04. The fourth-order valence-corrected chi connectivity index (χ4v) is 1.31. The van der Waals surface area contributed by atoms with Gasteiger partial charge in [0, 0.05) is 6.42 Å². The van der Waals surface area contributed by atoms with E-state index in [-0.39, 0.29) is 5.88 Å². The number of aryl methyl sites for hydroxylation is 1. The fraction of sp³-hybridized carbons (Fsp3) is 0.500. The Morgan fingerprint density at radius 2 is 2.19 bits per heavy atom. The van der Waals surface area contributed by atoms with Gasteiger partial charge in [0.15, 0.2) is 0 Å². The van der Waals surface area contributed by atoms with Gasteiger partial charge in [-0.05, 0) is 25.3 Å². The largest absolute Gasteiger partial charge is 0.468 e. The highest BCUT2D eigenvalue weighted by Crippen LogP contribution is 2.17. The Morgan fingerprint density at radius 3 is 2.81 bits per heavy atom. The first-order valence-electron chi connectivity index (χ1n) is 5.02. The van der Waals surface area contributed by atoms with Gasteiger partial charge in [-0.3, -0.25) is 14.9 Å². The Hall–Kier alpha value is -1.85. The molecule has 0 bridgehead atoms. The summed E-state index contributed by atoms with van der Waals surface area (Å²) in [7, 11) is 0. The standard InChI is InChI=1S/C10H13NO5/c12-8-15-7-3-1-2-4-9-5-6-10(16-9)11(13)14/h5-6,8H,1-4,7H2. The highest BCUT2D eigenvalue weighted by Gasteiger charge is 2.10. The first-order valence-corrected chi connectivity index (χ1v) is 5.02. The summed E-state index contributed by atoms with van der Waals surface area (Å²) in [5, 5.41) is 10.3. The van der Waals surface area contributed by atoms with Crippen molar-refractivity contribution in [2.75, 3.05) is 6.61 Å². The summed E-state index contributed by atoms with van der Waals surface area (Å²) < 4.78 is 9.51. The molecule has 0 fully saturated rings. The van der Waals surface area contributed by atoms with Crippen LogP contribution in [0.1, 0.15) is 25.0 Å². The highest BCUT2D eigenvalue weighted by atomic mass is 16.6. The molecule has 6 heteroatoms. The van der Waals surface area contributed by atoms with Crippen molar-refractivity contribution in [2.24, 2.45) is 0 Å². The maximum absolute atomic E-state index is 10.3. The van der Waals surface area contributed by atoms with E-state index in [9.17, 15) is 14.9 Å². The topological polar surface area (TPSA) is 82.6 Å². The van der Waals surface area contributed by atoms with Crippen molar-refractivity contribution in [1.82, 2.24) is 0 Å². The molecule has 0 radical (unpaired) electrons. The third-order valence-corrected chi connectivity index (χ3v) is 2.08. The third-order valence-electron chi connectivity index (χ3n) is 2.08. The average molecular weight is 227 g/mol. The lowest BCUT2D eigenvalue weighted by molar-refractivity contribution is -0.402. The summed E-state index contributed by atoms with van der Waals surface area (Å²) in [6, 6.07) is 2.96. The van der Waals surface area contributed by atoms with E-state index in [1.165, 1.54) is 6.07 Å². The Labute approximate surface area is 92.3 Å². The van der Waals surface area contributed by atoms with E-state index in [0.29, 0.717) is 25.3 Å². The Morgan fingerprint density at radius 1 is 1.38 bits per heavy atom. The van der Waals surface area contributed by atoms with Gasteiger partial charge in [0.25, 0.3) is 6.47 Å². The highest BCUT2D eigenvalue weighted by molar-refractivity contribution is 5.36. The van der Waals surface area contributed by atoms with Crippen LogP contribution in [-0.4, -0.2) is 18.0 Å². The van der Waals surface area contributed by atoms with E-state index >= 15 is 0 Å². The third kappa shape index (κ3) is 4.12. The summed E-state index contributed by atoms with van der Waals surface area (Å²) in [5.41, 5.74) is 0. The minimum Gasteiger partial charge on any atom is -0.468 e. The maximum Gasteiger partial charge on any atom is 0.433 e. The monoisotopic (exact) mass is 227 g/mol. The minimum atomic E-state index is -0.554. The van der Waals surface area contributed by atoms with Crippen molar-refractivity contribution in [2.45, 2.75) is 25.7 Å². The van der Waals surface area contributed by atoms with Gasteiger partial charge in [0.2, 0.25) is 0 Å². The van der Waals surface area contributed by atoms with Gasteiger partial charge < -0.3 is 9.15 Å². The SMILES string of the molecule is O=COCCCCCc1ccc([N+](=O)[O-])o1. The van der Waals surface area contributed by atoms with Crippen molar-refractivity contribution in [3.63, 3.8) is 0 Å². The average Bonchev–Trinajstić information content (AvgIpc) is 2.72. The molecule has 1 aromatic heterocycles. The van der Waals surface area contributed by atoms with Crippen LogP contribution in [0.25, 0.3) is 0 Å². The van der Waals surface area contributed by atoms with Gasteiger partial charge in [-0.15, -0.1) is 0 Å². The number of carbonyl (C=O) groups is 1. The lowest BCUT2D eigenvalue weighted by atomic mass is 10.2. The van der Waals surface area contributed by atoms with E-state index in [0.717, 1.165) is 19.3 Å². The lowest BCUT2D eigenvalue weighted by Crippen LogP contribution is -1.92. The molecule has 16 heavy (non-hydrogen) atoms. The molecular formula is C10H13NO5. The van der Waals surface area contributed by atoms with Gasteiger partial charge in [-0.1, -0.05) is 0 Å². The van der Waals surface area contributed by atoms with Crippen molar-refractivity contribution in [3.8, 4) is 0 Å². The number of nitrogens with zero attached hydrogens (tertiary/aromatic N) is 1. The molecule has 1 aromatic rings. The number of unbranched alkanes of at least 4 members (excludes halogenated alkanes) is 2. The quantitative estimate of drug-likeness (QED) is 0.294. The van der Waals surface area contributed by atoms with Crippen molar-refractivity contribution in [1.29, 1.82) is 0 Å². The van der Waals surface area contributed by atoms with Gasteiger partial charge in [0.05, 0.1) is 12.7 Å². The molecule has 0 N–H and O–H groups in total. The summed E-state index contributed by atoms with van der Waals surface area (Å²) in [4.78, 5) is 19.6. The van der Waals surface area contributed by atoms with Crippen LogP contribution < -0.4 is 0 Å². The Balaban J connectivity index is 2.16. The number of rotatable bonds is 8. The first kappa shape index (κ1) is 12.2. The second-order valence-corrected chi connectivity index (χ2v) is 3.27. The molecule has 0 spiro atoms. The fourth-order valence-electron chi connectivity index (χ4n) is 1.31. The molecule has 88 valence electrons. The second kappa shape index (κ2) is 6.60. The summed E-state index contributed by atoms with van der Waals surface area (Å²) in [5.74, 6) is 0.391. The van der Waals surface area contributed by atoms with Crippen LogP contribution in [0.5, 0.6) is 0 Å². The predicted octanol–water partition coefficient (Wildman–Crippen LogP) is 2.07. The molecule has 0 saturated carbocycles. The van der Waals surface area contributed by atoms with Gasteiger partial charge in [-0.25, -0.2) is 0 Å². The molecule has 6 nitrogen and oxygen atoms in total. The lowest BCUT2D eigenvalue weighted by Gasteiger charge is -1.98. The number of hydrogen-bond donors (Lipinski definition) is 0. The summed E-state index contributed by atoms with van der Waals surface area (Å²) in [6.07, 6.45) is 3.20. The molecule has 0 unspecified atom stereocenters. The van der Waals surface area contributed by atoms with Crippen molar-refractivity contribution in [3.05, 3.63) is 28.0 Å². The van der Waals surface area contributed by atoms with Crippen LogP contribution in [0, 0.1) is 10.1 Å². The normalized spacial score (nSPS) is 10.0. The van der Waals surface area contributed by atoms with Crippen LogP contribution in [0.4, 0.5) is 5.88 Å². The predicted molar refractivity (Wildman–Crippen MR) is 54.9 cm³/mol. The van der Waals surface area contributed by atoms with Gasteiger partial charge in [-0.2, -0.15) is 0 Å². The van der Waals surface area contributed by atoms with Gasteiger partial charge >= 0.3 is 5.88 Å². The van der Waals surface area contributed by atoms with E-state index in [2.05, 4.69) is 4.74 Å². The molecule has 0 aliphatic heterocycles. The Bertz CT molecular complexity index is 347. The van der Waals surface area contributed by atoms with Gasteiger partial charge in [0.1, 0.15) is 10.7 Å². The molecular weight excluding hydrogens is 214 g/mol. The minimum absolute atomic E-state index is 0.223. The zero-order valence-electron chi connectivity index (χ0n) is 8.76. The maximum atomic E-state index is 10.3. The molecule has 1 rings (SSSR count). The molecule has 0 atom stereocenters. The van der Waals surface area contributed by atoms with Crippen LogP contribution in [0.2, 0.25) is 0 Å². The molecule has 0 saturated heterocycles. The molecule has 0 aliphatic rings. The van der Waals surface area contributed by atoms with Crippen LogP contribution in [0.3, 0.4) is 0 Å². The molecule has 0 aliphatic carbocycles. The number of hydrogen-bond acceptors (Lipinski definition) is 5. The van der Waals surface area contributed by atoms with Crippen LogP contribution in [-0.2, 0) is 16.0 Å². The van der Waals surface area contributed by atoms with E-state index < -0.39 is 4.92 Å². The second-order valence-electron chi connectivity index (χ2n) is 3.27. The van der Waals surface area contributed by atoms with Crippen LogP contribution in [0.15, 0.2) is 16.5 Å². The first-order chi connectivity index (χ1) is 7.74. The van der Waals surface area contributed by atoms with Crippen molar-refractivity contribution < 1.29 is 18.9 Å². The van der Waals surface area contributed by atoms with E-state index in [1.807, 2.05) is 0 Å². The zero-order valence-corrected chi connectivity index (χ0v) is 8.76. The zero-order chi connectivity index (χ0) is 11.8. The summed E-state index contributed by atoms with van der Waals surface area (Å²) >= 11 is 0. The number of nitro groups is 1. The van der Waals surface area contributed by atoms with Crippen LogP contribution >= 0.6 is 0 Å². The molecule has 1 heterocycles. The van der Waals surface area contributed by atoms with Crippen molar-refractivity contribution >= 4 is 12.4 Å². The number of carbonyl (C=O) groups excluding carboxylic acids is 1.